The number of thioether (sulfide) groups is 1. The third kappa shape index (κ3) is 4.76. The lowest BCUT2D eigenvalue weighted by atomic mass is 10.1. The van der Waals surface area contributed by atoms with Crippen LogP contribution in [-0.4, -0.2) is 37.0 Å². The largest absolute Gasteiger partial charge is 0.337 e. The number of nitrogens with zero attached hydrogens (tertiary/aromatic N) is 1. The summed E-state index contributed by atoms with van der Waals surface area (Å²) in [7, 11) is 1.90. The van der Waals surface area contributed by atoms with Crippen molar-refractivity contribution >= 4 is 30.1 Å². The fourth-order valence-electron chi connectivity index (χ4n) is 2.77. The first-order chi connectivity index (χ1) is 11.2. The second-order valence-electron chi connectivity index (χ2n) is 5.86. The molecule has 1 unspecified atom stereocenters. The minimum absolute atomic E-state index is 0. The van der Waals surface area contributed by atoms with Gasteiger partial charge in [-0.15, -0.1) is 24.2 Å². The van der Waals surface area contributed by atoms with E-state index in [0.717, 1.165) is 30.8 Å². The molecular weight excluding hydrogens is 340 g/mol. The number of hydrogen-bond donors (Lipinski definition) is 1. The molecule has 3 nitrogen and oxygen atoms in total. The van der Waals surface area contributed by atoms with E-state index in [2.05, 4.69) is 29.6 Å². The van der Waals surface area contributed by atoms with Gasteiger partial charge in [-0.2, -0.15) is 0 Å². The van der Waals surface area contributed by atoms with Crippen molar-refractivity contribution in [1.29, 1.82) is 0 Å². The van der Waals surface area contributed by atoms with Crippen LogP contribution in [0.2, 0.25) is 0 Å². The normalized spacial score (nSPS) is 16.5. The number of carbonyl (C=O) groups excluding carboxylic acids is 1. The Hall–Kier alpha value is -1.49. The van der Waals surface area contributed by atoms with Gasteiger partial charge < -0.3 is 10.2 Å². The van der Waals surface area contributed by atoms with Gasteiger partial charge in [-0.3, -0.25) is 4.79 Å². The van der Waals surface area contributed by atoms with E-state index in [-0.39, 0.29) is 18.3 Å². The summed E-state index contributed by atoms with van der Waals surface area (Å²) in [6.45, 7) is 1.89. The molecule has 0 spiro atoms. The van der Waals surface area contributed by atoms with E-state index in [4.69, 9.17) is 0 Å². The second kappa shape index (κ2) is 9.11. The molecule has 1 saturated heterocycles. The Morgan fingerprint density at radius 1 is 1.17 bits per heavy atom. The SMILES string of the molecule is CN(C(=O)c1ccc(SCc2ccccc2)cc1)C1CCNC1.Cl. The van der Waals surface area contributed by atoms with Crippen LogP contribution < -0.4 is 5.32 Å². The molecule has 0 radical (unpaired) electrons. The number of carbonyl (C=O) groups is 1. The molecule has 2 aromatic carbocycles. The number of benzene rings is 2. The van der Waals surface area contributed by atoms with Crippen molar-refractivity contribution < 1.29 is 4.79 Å². The van der Waals surface area contributed by atoms with Crippen LogP contribution in [0.4, 0.5) is 0 Å². The van der Waals surface area contributed by atoms with Gasteiger partial charge in [-0.05, 0) is 42.8 Å². The highest BCUT2D eigenvalue weighted by molar-refractivity contribution is 7.98. The lowest BCUT2D eigenvalue weighted by molar-refractivity contribution is 0.0743. The first-order valence-electron chi connectivity index (χ1n) is 7.99. The van der Waals surface area contributed by atoms with E-state index >= 15 is 0 Å². The number of rotatable bonds is 5. The summed E-state index contributed by atoms with van der Waals surface area (Å²) in [5.41, 5.74) is 2.08. The minimum Gasteiger partial charge on any atom is -0.337 e. The fourth-order valence-corrected chi connectivity index (χ4v) is 3.63. The highest BCUT2D eigenvalue weighted by atomic mass is 35.5. The molecule has 1 heterocycles. The van der Waals surface area contributed by atoms with Crippen LogP contribution in [0, 0.1) is 0 Å². The number of nitrogens with one attached hydrogen (secondary N) is 1. The molecule has 0 saturated carbocycles. The van der Waals surface area contributed by atoms with Crippen LogP contribution in [-0.2, 0) is 5.75 Å². The molecular formula is C19H23ClN2OS. The van der Waals surface area contributed by atoms with E-state index in [1.54, 1.807) is 11.8 Å². The zero-order valence-corrected chi connectivity index (χ0v) is 15.4. The zero-order valence-electron chi connectivity index (χ0n) is 13.8. The fraction of sp³-hybridized carbons (Fsp3) is 0.316. The molecule has 1 aliphatic rings. The summed E-state index contributed by atoms with van der Waals surface area (Å²) in [6.07, 6.45) is 1.03. The Labute approximate surface area is 154 Å². The van der Waals surface area contributed by atoms with Gasteiger partial charge in [0.2, 0.25) is 0 Å². The molecule has 1 aliphatic heterocycles. The maximum Gasteiger partial charge on any atom is 0.253 e. The number of halogens is 1. The Morgan fingerprint density at radius 3 is 2.50 bits per heavy atom. The van der Waals surface area contributed by atoms with Gasteiger partial charge in [0, 0.05) is 35.8 Å². The molecule has 24 heavy (non-hydrogen) atoms. The van der Waals surface area contributed by atoms with Gasteiger partial charge in [0.25, 0.3) is 5.91 Å². The molecule has 5 heteroatoms. The Morgan fingerprint density at radius 2 is 1.88 bits per heavy atom. The Bertz CT molecular complexity index is 642. The van der Waals surface area contributed by atoms with Gasteiger partial charge >= 0.3 is 0 Å². The second-order valence-corrected chi connectivity index (χ2v) is 6.91. The van der Waals surface area contributed by atoms with Crippen molar-refractivity contribution in [3.05, 3.63) is 65.7 Å². The van der Waals surface area contributed by atoms with Gasteiger partial charge in [-0.25, -0.2) is 0 Å². The van der Waals surface area contributed by atoms with Gasteiger partial charge in [-0.1, -0.05) is 30.3 Å². The van der Waals surface area contributed by atoms with Gasteiger partial charge in [0.15, 0.2) is 0 Å². The van der Waals surface area contributed by atoms with Crippen LogP contribution in [0.3, 0.4) is 0 Å². The minimum atomic E-state index is 0. The summed E-state index contributed by atoms with van der Waals surface area (Å²) in [5.74, 6) is 1.06. The smallest absolute Gasteiger partial charge is 0.253 e. The van der Waals surface area contributed by atoms with Crippen molar-refractivity contribution in [2.75, 3.05) is 20.1 Å². The quantitative estimate of drug-likeness (QED) is 0.820. The lowest BCUT2D eigenvalue weighted by Crippen LogP contribution is -2.38. The van der Waals surface area contributed by atoms with Gasteiger partial charge in [0.1, 0.15) is 0 Å². The van der Waals surface area contributed by atoms with Crippen molar-refractivity contribution in [3.63, 3.8) is 0 Å². The topological polar surface area (TPSA) is 32.3 Å². The average Bonchev–Trinajstić information content (AvgIpc) is 3.15. The summed E-state index contributed by atoms with van der Waals surface area (Å²) < 4.78 is 0. The maximum atomic E-state index is 12.5. The molecule has 128 valence electrons. The van der Waals surface area contributed by atoms with Crippen molar-refractivity contribution in [3.8, 4) is 0 Å². The van der Waals surface area contributed by atoms with E-state index in [1.807, 2.05) is 42.3 Å². The predicted octanol–water partition coefficient (Wildman–Crippen LogP) is 3.83. The Balaban J connectivity index is 0.00000208. The van der Waals surface area contributed by atoms with Crippen molar-refractivity contribution in [2.45, 2.75) is 23.1 Å². The first-order valence-corrected chi connectivity index (χ1v) is 8.97. The van der Waals surface area contributed by atoms with Crippen molar-refractivity contribution in [2.24, 2.45) is 0 Å². The number of likely N-dealkylation sites (N-methyl/N-ethyl adjacent to an activating group) is 1. The van der Waals surface area contributed by atoms with E-state index in [0.29, 0.717) is 6.04 Å². The summed E-state index contributed by atoms with van der Waals surface area (Å²) in [4.78, 5) is 15.6. The van der Waals surface area contributed by atoms with Crippen LogP contribution >= 0.6 is 24.2 Å². The van der Waals surface area contributed by atoms with Crippen LogP contribution in [0.1, 0.15) is 22.3 Å². The Kier molecular flexibility index (Phi) is 7.16. The molecule has 1 fully saturated rings. The predicted molar refractivity (Wildman–Crippen MR) is 103 cm³/mol. The molecule has 0 aliphatic carbocycles. The van der Waals surface area contributed by atoms with Crippen LogP contribution in [0.5, 0.6) is 0 Å². The van der Waals surface area contributed by atoms with E-state index in [1.165, 1.54) is 10.5 Å². The van der Waals surface area contributed by atoms with E-state index < -0.39 is 0 Å². The molecule has 0 aromatic heterocycles. The number of amides is 1. The van der Waals surface area contributed by atoms with E-state index in [9.17, 15) is 4.79 Å². The molecule has 2 aromatic rings. The van der Waals surface area contributed by atoms with Crippen LogP contribution in [0.15, 0.2) is 59.5 Å². The lowest BCUT2D eigenvalue weighted by Gasteiger charge is -2.23. The molecule has 1 atom stereocenters. The monoisotopic (exact) mass is 362 g/mol. The summed E-state index contributed by atoms with van der Waals surface area (Å²) >= 11 is 1.79. The standard InChI is InChI=1S/C19H22N2OS.ClH/c1-21(17-11-12-20-13-17)19(22)16-7-9-18(10-8-16)23-14-15-5-3-2-4-6-15;/h2-10,17,20H,11-14H2,1H3;1H. The summed E-state index contributed by atoms with van der Waals surface area (Å²) in [5, 5.41) is 3.30. The third-order valence-electron chi connectivity index (χ3n) is 4.25. The van der Waals surface area contributed by atoms with Gasteiger partial charge in [0.05, 0.1) is 0 Å². The zero-order chi connectivity index (χ0) is 16.1. The maximum absolute atomic E-state index is 12.5. The molecule has 0 bridgehead atoms. The summed E-state index contributed by atoms with van der Waals surface area (Å²) in [6, 6.07) is 18.7. The first kappa shape index (κ1) is 18.8. The highest BCUT2D eigenvalue weighted by Crippen LogP contribution is 2.23. The average molecular weight is 363 g/mol. The number of hydrogen-bond acceptors (Lipinski definition) is 3. The van der Waals surface area contributed by atoms with Crippen LogP contribution in [0.25, 0.3) is 0 Å². The highest BCUT2D eigenvalue weighted by Gasteiger charge is 2.23. The molecule has 3 rings (SSSR count). The molecule has 1 amide bonds. The molecule has 1 N–H and O–H groups in total. The third-order valence-corrected chi connectivity index (χ3v) is 5.34. The van der Waals surface area contributed by atoms with Crippen molar-refractivity contribution in [1.82, 2.24) is 10.2 Å².